The lowest BCUT2D eigenvalue weighted by molar-refractivity contribution is 0.979. The molecule has 2 heteroatoms. The molecule has 262 valence electrons. The van der Waals surface area contributed by atoms with Crippen molar-refractivity contribution in [2.45, 2.75) is 12.8 Å². The van der Waals surface area contributed by atoms with Crippen molar-refractivity contribution in [1.82, 2.24) is 9.13 Å². The summed E-state index contributed by atoms with van der Waals surface area (Å²) in [5, 5.41) is 12.8. The first-order valence-electron chi connectivity index (χ1n) is 19.7. The first-order valence-corrected chi connectivity index (χ1v) is 19.7. The van der Waals surface area contributed by atoms with Crippen LogP contribution in [-0.2, 0) is 0 Å². The van der Waals surface area contributed by atoms with Crippen molar-refractivity contribution in [2.24, 2.45) is 0 Å². The van der Waals surface area contributed by atoms with Gasteiger partial charge in [-0.1, -0.05) is 152 Å². The highest BCUT2D eigenvalue weighted by atomic mass is 15.0. The second-order valence-corrected chi connectivity index (χ2v) is 15.1. The number of allylic oxidation sites excluding steroid dienone is 4. The summed E-state index contributed by atoms with van der Waals surface area (Å²) >= 11 is 0. The van der Waals surface area contributed by atoms with Crippen molar-refractivity contribution in [3.05, 3.63) is 194 Å². The maximum Gasteiger partial charge on any atom is 0.0553 e. The Morgan fingerprint density at radius 3 is 1.54 bits per heavy atom. The number of benzene rings is 9. The van der Waals surface area contributed by atoms with E-state index in [1.54, 1.807) is 0 Å². The van der Waals surface area contributed by atoms with E-state index >= 15 is 0 Å². The zero-order chi connectivity index (χ0) is 36.7. The number of nitrogens with zero attached hydrogens (tertiary/aromatic N) is 2. The van der Waals surface area contributed by atoms with Crippen LogP contribution in [-0.4, -0.2) is 9.13 Å². The lowest BCUT2D eigenvalue weighted by atomic mass is 9.83. The molecule has 0 unspecified atom stereocenters. The minimum atomic E-state index is 1.01. The minimum Gasteiger partial charge on any atom is -0.313 e. The number of fused-ring (bicyclic) bond motifs is 11. The molecule has 0 saturated carbocycles. The van der Waals surface area contributed by atoms with Crippen molar-refractivity contribution < 1.29 is 0 Å². The van der Waals surface area contributed by atoms with Crippen molar-refractivity contribution in [3.63, 3.8) is 0 Å². The van der Waals surface area contributed by atoms with Crippen LogP contribution in [0.3, 0.4) is 0 Å². The van der Waals surface area contributed by atoms with E-state index in [0.717, 1.165) is 18.5 Å². The van der Waals surface area contributed by atoms with Gasteiger partial charge in [-0.15, -0.1) is 0 Å². The van der Waals surface area contributed by atoms with Gasteiger partial charge in [0.1, 0.15) is 0 Å². The topological polar surface area (TPSA) is 9.86 Å². The van der Waals surface area contributed by atoms with Crippen LogP contribution in [0.5, 0.6) is 0 Å². The van der Waals surface area contributed by atoms with Crippen LogP contribution in [0.15, 0.2) is 194 Å². The molecule has 0 fully saturated rings. The van der Waals surface area contributed by atoms with E-state index in [-0.39, 0.29) is 0 Å². The Morgan fingerprint density at radius 2 is 0.911 bits per heavy atom. The monoisotopic (exact) mass is 712 g/mol. The molecule has 0 atom stereocenters. The second-order valence-electron chi connectivity index (χ2n) is 15.1. The zero-order valence-electron chi connectivity index (χ0n) is 30.8. The largest absolute Gasteiger partial charge is 0.313 e. The van der Waals surface area contributed by atoms with E-state index in [2.05, 4.69) is 203 Å². The van der Waals surface area contributed by atoms with Crippen LogP contribution in [0.1, 0.15) is 12.8 Å². The molecule has 0 bridgehead atoms. The van der Waals surface area contributed by atoms with Gasteiger partial charge in [-0.05, 0) is 105 Å². The molecule has 12 rings (SSSR count). The van der Waals surface area contributed by atoms with E-state index in [1.165, 1.54) is 104 Å². The Bertz CT molecular complexity index is 3390. The van der Waals surface area contributed by atoms with Crippen LogP contribution >= 0.6 is 0 Å². The molecule has 0 saturated heterocycles. The van der Waals surface area contributed by atoms with Gasteiger partial charge < -0.3 is 9.13 Å². The summed E-state index contributed by atoms with van der Waals surface area (Å²) in [5.74, 6) is 0. The van der Waals surface area contributed by atoms with Gasteiger partial charge in [0.15, 0.2) is 0 Å². The lowest BCUT2D eigenvalue weighted by Crippen LogP contribution is -1.99. The zero-order valence-corrected chi connectivity index (χ0v) is 30.8. The first kappa shape index (κ1) is 31.2. The van der Waals surface area contributed by atoms with E-state index in [9.17, 15) is 0 Å². The molecule has 2 aromatic heterocycles. The first-order chi connectivity index (χ1) is 27.8. The molecule has 1 aliphatic carbocycles. The van der Waals surface area contributed by atoms with E-state index in [1.807, 2.05) is 0 Å². The number of hydrogen-bond acceptors (Lipinski definition) is 0. The van der Waals surface area contributed by atoms with Crippen molar-refractivity contribution in [1.29, 1.82) is 0 Å². The van der Waals surface area contributed by atoms with Gasteiger partial charge in [-0.3, -0.25) is 0 Å². The fourth-order valence-electron chi connectivity index (χ4n) is 9.90. The third kappa shape index (κ3) is 4.38. The van der Waals surface area contributed by atoms with Crippen LogP contribution in [0.4, 0.5) is 0 Å². The molecule has 56 heavy (non-hydrogen) atoms. The van der Waals surface area contributed by atoms with Crippen LogP contribution in [0, 0.1) is 0 Å². The summed E-state index contributed by atoms with van der Waals surface area (Å²) in [6.07, 6.45) is 8.86. The minimum absolute atomic E-state index is 1.01. The normalized spacial score (nSPS) is 13.2. The molecular formula is C54H36N2. The molecule has 0 amide bonds. The van der Waals surface area contributed by atoms with Gasteiger partial charge in [0.05, 0.1) is 22.1 Å². The maximum atomic E-state index is 2.53. The van der Waals surface area contributed by atoms with E-state index < -0.39 is 0 Å². The third-order valence-corrected chi connectivity index (χ3v) is 12.1. The smallest absolute Gasteiger partial charge is 0.0553 e. The number of hydrogen-bond donors (Lipinski definition) is 0. The highest BCUT2D eigenvalue weighted by Gasteiger charge is 2.25. The summed E-state index contributed by atoms with van der Waals surface area (Å²) in [4.78, 5) is 0. The third-order valence-electron chi connectivity index (χ3n) is 12.1. The van der Waals surface area contributed by atoms with Gasteiger partial charge in [0.2, 0.25) is 0 Å². The van der Waals surface area contributed by atoms with Crippen LogP contribution < -0.4 is 0 Å². The average molecular weight is 713 g/mol. The summed E-state index contributed by atoms with van der Waals surface area (Å²) in [7, 11) is 0. The molecule has 0 N–H and O–H groups in total. The lowest BCUT2D eigenvalue weighted by Gasteiger charge is -2.20. The molecule has 1 aliphatic rings. The number of rotatable bonds is 4. The summed E-state index contributed by atoms with van der Waals surface area (Å²) in [6.45, 7) is 0. The van der Waals surface area contributed by atoms with Crippen LogP contribution in [0.2, 0.25) is 0 Å². The number of para-hydroxylation sites is 3. The summed E-state index contributed by atoms with van der Waals surface area (Å²) in [6, 6.07) is 65.2. The highest BCUT2D eigenvalue weighted by molar-refractivity contribution is 6.36. The second kappa shape index (κ2) is 12.2. The maximum absolute atomic E-state index is 2.53. The Morgan fingerprint density at radius 1 is 0.375 bits per heavy atom. The van der Waals surface area contributed by atoms with Gasteiger partial charge in [0, 0.05) is 38.3 Å². The van der Waals surface area contributed by atoms with Crippen molar-refractivity contribution in [3.8, 4) is 27.9 Å². The van der Waals surface area contributed by atoms with Crippen molar-refractivity contribution >= 4 is 81.6 Å². The van der Waals surface area contributed by atoms with E-state index in [0.29, 0.717) is 0 Å². The summed E-state index contributed by atoms with van der Waals surface area (Å²) < 4.78 is 5.02. The van der Waals surface area contributed by atoms with Gasteiger partial charge in [0.25, 0.3) is 0 Å². The molecule has 2 nitrogen and oxygen atoms in total. The molecule has 11 aromatic rings. The van der Waals surface area contributed by atoms with E-state index in [4.69, 9.17) is 0 Å². The SMILES string of the molecule is C1=CCCC(n2c3ccccc3c3c4c(ccc32)c(-c2c3ccccc3c(-c3ccccc3)c3ccccc23)cc2c4c3ccccc3n2-c2ccccc2)=C1. The fraction of sp³-hybridized carbons (Fsp3) is 0.0370. The quantitative estimate of drug-likeness (QED) is 0.161. The predicted octanol–water partition coefficient (Wildman–Crippen LogP) is 14.9. The summed E-state index contributed by atoms with van der Waals surface area (Å²) in [5.41, 5.74) is 12.5. The van der Waals surface area contributed by atoms with Crippen LogP contribution in [0.25, 0.3) is 110 Å². The molecule has 9 aromatic carbocycles. The molecule has 2 heterocycles. The average Bonchev–Trinajstić information content (AvgIpc) is 3.79. The molecule has 0 radical (unpaired) electrons. The molecule has 0 spiro atoms. The Balaban J connectivity index is 1.35. The Labute approximate surface area is 324 Å². The molecule has 0 aliphatic heterocycles. The van der Waals surface area contributed by atoms with Gasteiger partial charge >= 0.3 is 0 Å². The highest BCUT2D eigenvalue weighted by Crippen LogP contribution is 2.50. The van der Waals surface area contributed by atoms with Crippen molar-refractivity contribution in [2.75, 3.05) is 0 Å². The molecular weight excluding hydrogens is 677 g/mol. The Kier molecular flexibility index (Phi) is 6.79. The standard InChI is InChI=1S/C54H36N2/c1-4-18-35(19-5-1)50-38-24-10-12-26-40(38)51(41-27-13-11-25-39(41)50)45-34-49-53(44-29-15-17-31-47(44)56(49)37-22-8-3-9-23-37)54-42(45)32-33-48-52(54)43-28-14-16-30-46(43)55(48)36-20-6-2-7-21-36/h1-6,8-20,22-34H,7,21H2. The predicted molar refractivity (Wildman–Crippen MR) is 240 cm³/mol. The van der Waals surface area contributed by atoms with Gasteiger partial charge in [-0.2, -0.15) is 0 Å². The van der Waals surface area contributed by atoms with Gasteiger partial charge in [-0.25, -0.2) is 0 Å². The Hall–Kier alpha value is -7.16. The number of aromatic nitrogens is 2. The fourth-order valence-corrected chi connectivity index (χ4v) is 9.90.